The number of thioether (sulfide) groups is 1. The molecule has 3 aromatic rings. The fraction of sp³-hybridized carbons (Fsp3) is 0.286. The number of rotatable bonds is 7. The quantitative estimate of drug-likeness (QED) is 0.419. The van der Waals surface area contributed by atoms with Gasteiger partial charge in [-0.2, -0.15) is 0 Å². The molecule has 2 aromatic carbocycles. The van der Waals surface area contributed by atoms with Crippen molar-refractivity contribution in [3.8, 4) is 0 Å². The van der Waals surface area contributed by atoms with Crippen molar-refractivity contribution >= 4 is 28.6 Å². The van der Waals surface area contributed by atoms with Crippen molar-refractivity contribution in [1.82, 2.24) is 4.57 Å². The van der Waals surface area contributed by atoms with Crippen LogP contribution in [-0.4, -0.2) is 22.4 Å². The predicted molar refractivity (Wildman–Crippen MR) is 104 cm³/mol. The summed E-state index contributed by atoms with van der Waals surface area (Å²) in [6, 6.07) is 14.7. The minimum atomic E-state index is -0.234. The fourth-order valence-corrected chi connectivity index (χ4v) is 4.08. The van der Waals surface area contributed by atoms with Crippen LogP contribution < -0.4 is 0 Å². The maximum atomic E-state index is 13.5. The van der Waals surface area contributed by atoms with Crippen molar-refractivity contribution in [2.45, 2.75) is 37.0 Å². The molecule has 1 atom stereocenters. The number of carbonyl (C=O) groups is 1. The molecule has 0 saturated heterocycles. The lowest BCUT2D eigenvalue weighted by atomic mass is 10.2. The molecule has 136 valence electrons. The summed E-state index contributed by atoms with van der Waals surface area (Å²) in [4.78, 5) is 13.2. The summed E-state index contributed by atoms with van der Waals surface area (Å²) in [5, 5.41) is 0.861. The third-order valence-corrected chi connectivity index (χ3v) is 5.57. The van der Waals surface area contributed by atoms with E-state index in [2.05, 4.69) is 10.6 Å². The number of hydrogen-bond donors (Lipinski definition) is 0. The van der Waals surface area contributed by atoms with Gasteiger partial charge in [0.25, 0.3) is 0 Å². The van der Waals surface area contributed by atoms with Gasteiger partial charge in [-0.1, -0.05) is 37.3 Å². The van der Waals surface area contributed by atoms with E-state index in [0.717, 1.165) is 21.4 Å². The summed E-state index contributed by atoms with van der Waals surface area (Å²) in [5.41, 5.74) is 1.97. The average Bonchev–Trinajstić information content (AvgIpc) is 2.97. The number of ether oxygens (including phenoxy) is 1. The van der Waals surface area contributed by atoms with Crippen LogP contribution in [0.5, 0.6) is 0 Å². The van der Waals surface area contributed by atoms with E-state index in [1.165, 1.54) is 17.8 Å². The van der Waals surface area contributed by atoms with Crippen LogP contribution in [0.4, 0.5) is 4.39 Å². The van der Waals surface area contributed by atoms with Gasteiger partial charge in [0.15, 0.2) is 0 Å². The summed E-state index contributed by atoms with van der Waals surface area (Å²) in [5.74, 6) is -0.413. The second-order valence-electron chi connectivity index (χ2n) is 6.04. The van der Waals surface area contributed by atoms with Crippen LogP contribution in [0, 0.1) is 5.82 Å². The molecule has 0 bridgehead atoms. The van der Waals surface area contributed by atoms with Crippen LogP contribution in [0.3, 0.4) is 0 Å². The summed E-state index contributed by atoms with van der Waals surface area (Å²) < 4.78 is 20.8. The van der Waals surface area contributed by atoms with E-state index in [-0.39, 0.29) is 17.0 Å². The molecule has 0 radical (unpaired) electrons. The zero-order chi connectivity index (χ0) is 18.5. The summed E-state index contributed by atoms with van der Waals surface area (Å²) in [6.07, 6.45) is 2.75. The second kappa shape index (κ2) is 8.41. The first-order valence-electron chi connectivity index (χ1n) is 8.78. The number of esters is 1. The average molecular weight is 371 g/mol. The monoisotopic (exact) mass is 371 g/mol. The fourth-order valence-electron chi connectivity index (χ4n) is 2.96. The molecule has 0 saturated carbocycles. The molecule has 5 heteroatoms. The van der Waals surface area contributed by atoms with Crippen molar-refractivity contribution in [1.29, 1.82) is 0 Å². The molecule has 0 aliphatic heterocycles. The van der Waals surface area contributed by atoms with Crippen LogP contribution >= 0.6 is 11.8 Å². The van der Waals surface area contributed by atoms with Gasteiger partial charge >= 0.3 is 5.97 Å². The SMILES string of the molecule is CCOC(=O)C(CC)Sc1cn(Cc2cccc(F)c2)c2ccccc12. The molecule has 1 aromatic heterocycles. The standard InChI is InChI=1S/C21H22FNO2S/c1-3-19(21(24)25-4-2)26-20-14-23(18-11-6-5-10-17(18)20)13-15-8-7-9-16(22)12-15/h5-12,14,19H,3-4,13H2,1-2H3. The number of carbonyl (C=O) groups excluding carboxylic acids is 1. The summed E-state index contributed by atoms with van der Waals surface area (Å²) in [6.45, 7) is 4.77. The number of halogens is 1. The van der Waals surface area contributed by atoms with Crippen LogP contribution in [0.25, 0.3) is 10.9 Å². The smallest absolute Gasteiger partial charge is 0.319 e. The van der Waals surface area contributed by atoms with E-state index < -0.39 is 0 Å². The molecule has 0 aliphatic rings. The van der Waals surface area contributed by atoms with Gasteiger partial charge in [-0.05, 0) is 37.1 Å². The van der Waals surface area contributed by atoms with Crippen molar-refractivity contribution < 1.29 is 13.9 Å². The van der Waals surface area contributed by atoms with Crippen molar-refractivity contribution in [3.63, 3.8) is 0 Å². The third kappa shape index (κ3) is 4.10. The molecule has 0 N–H and O–H groups in total. The lowest BCUT2D eigenvalue weighted by molar-refractivity contribution is -0.142. The molecule has 0 amide bonds. The van der Waals surface area contributed by atoms with Gasteiger partial charge in [0.05, 0.1) is 6.61 Å². The molecule has 1 heterocycles. The lowest BCUT2D eigenvalue weighted by Gasteiger charge is -2.12. The van der Waals surface area contributed by atoms with Gasteiger partial charge in [-0.25, -0.2) is 4.39 Å². The predicted octanol–water partition coefficient (Wildman–Crippen LogP) is 5.26. The zero-order valence-electron chi connectivity index (χ0n) is 14.9. The topological polar surface area (TPSA) is 31.2 Å². The number of hydrogen-bond acceptors (Lipinski definition) is 3. The number of aromatic nitrogens is 1. The van der Waals surface area contributed by atoms with Crippen LogP contribution in [0.2, 0.25) is 0 Å². The molecule has 1 unspecified atom stereocenters. The summed E-state index contributed by atoms with van der Waals surface area (Å²) >= 11 is 1.53. The Kier molecular flexibility index (Phi) is 5.99. The Balaban J connectivity index is 1.93. The highest BCUT2D eigenvalue weighted by Gasteiger charge is 2.21. The van der Waals surface area contributed by atoms with Crippen molar-refractivity contribution in [3.05, 3.63) is 66.1 Å². The third-order valence-electron chi connectivity index (χ3n) is 4.18. The maximum Gasteiger partial charge on any atom is 0.319 e. The van der Waals surface area contributed by atoms with Crippen LogP contribution in [0.1, 0.15) is 25.8 Å². The van der Waals surface area contributed by atoms with E-state index >= 15 is 0 Å². The number of para-hydroxylation sites is 1. The normalized spacial score (nSPS) is 12.3. The first-order chi connectivity index (χ1) is 12.6. The molecular weight excluding hydrogens is 349 g/mol. The molecule has 3 nitrogen and oxygen atoms in total. The van der Waals surface area contributed by atoms with Crippen LogP contribution in [-0.2, 0) is 16.1 Å². The molecule has 0 fully saturated rings. The van der Waals surface area contributed by atoms with Gasteiger partial charge in [0.2, 0.25) is 0 Å². The number of fused-ring (bicyclic) bond motifs is 1. The highest BCUT2D eigenvalue weighted by atomic mass is 32.2. The van der Waals surface area contributed by atoms with Gasteiger partial charge < -0.3 is 9.30 Å². The van der Waals surface area contributed by atoms with E-state index in [4.69, 9.17) is 4.74 Å². The lowest BCUT2D eigenvalue weighted by Crippen LogP contribution is -2.19. The van der Waals surface area contributed by atoms with E-state index in [1.54, 1.807) is 12.1 Å². The van der Waals surface area contributed by atoms with Gasteiger partial charge in [-0.15, -0.1) is 11.8 Å². The minimum absolute atomic E-state index is 0.179. The first kappa shape index (κ1) is 18.5. The summed E-state index contributed by atoms with van der Waals surface area (Å²) in [7, 11) is 0. The first-order valence-corrected chi connectivity index (χ1v) is 9.66. The second-order valence-corrected chi connectivity index (χ2v) is 7.28. The van der Waals surface area contributed by atoms with Gasteiger partial charge in [0.1, 0.15) is 11.1 Å². The van der Waals surface area contributed by atoms with E-state index in [0.29, 0.717) is 19.6 Å². The van der Waals surface area contributed by atoms with E-state index in [9.17, 15) is 9.18 Å². The Bertz CT molecular complexity index is 906. The highest BCUT2D eigenvalue weighted by molar-refractivity contribution is 8.00. The molecule has 0 aliphatic carbocycles. The molecule has 26 heavy (non-hydrogen) atoms. The zero-order valence-corrected chi connectivity index (χ0v) is 15.8. The van der Waals surface area contributed by atoms with Gasteiger partial charge in [-0.3, -0.25) is 4.79 Å². The minimum Gasteiger partial charge on any atom is -0.465 e. The van der Waals surface area contributed by atoms with Crippen LogP contribution in [0.15, 0.2) is 59.6 Å². The Morgan fingerprint density at radius 2 is 2.00 bits per heavy atom. The number of nitrogens with zero attached hydrogens (tertiary/aromatic N) is 1. The Hall–Kier alpha value is -2.27. The maximum absolute atomic E-state index is 13.5. The molecular formula is C21H22FNO2S. The Labute approximate surface area is 157 Å². The molecule has 3 rings (SSSR count). The molecule has 0 spiro atoms. The largest absolute Gasteiger partial charge is 0.465 e. The number of benzene rings is 2. The highest BCUT2D eigenvalue weighted by Crippen LogP contribution is 2.34. The Morgan fingerprint density at radius 1 is 1.19 bits per heavy atom. The van der Waals surface area contributed by atoms with Gasteiger partial charge in [0, 0.05) is 28.5 Å². The Morgan fingerprint density at radius 3 is 2.73 bits per heavy atom. The van der Waals surface area contributed by atoms with Crippen molar-refractivity contribution in [2.24, 2.45) is 0 Å². The van der Waals surface area contributed by atoms with Crippen molar-refractivity contribution in [2.75, 3.05) is 6.61 Å². The van der Waals surface area contributed by atoms with E-state index in [1.807, 2.05) is 44.3 Å².